The fourth-order valence-electron chi connectivity index (χ4n) is 0. The van der Waals surface area contributed by atoms with Crippen LogP contribution in [0.4, 0.5) is 0 Å². The molecule has 0 aliphatic rings. The van der Waals surface area contributed by atoms with E-state index in [1.54, 1.807) is 0 Å². The van der Waals surface area contributed by atoms with Crippen molar-refractivity contribution in [3.63, 3.8) is 0 Å². The fraction of sp³-hybridized carbons (Fsp3) is 0. The summed E-state index contributed by atoms with van der Waals surface area (Å²) in [5.41, 5.74) is 0. The van der Waals surface area contributed by atoms with Crippen LogP contribution >= 0.6 is 0 Å². The number of nitrogens with zero attached hydrogens (tertiary/aromatic N) is 3. The third-order valence-corrected chi connectivity index (χ3v) is 0. The third-order valence-electron chi connectivity index (χ3n) is 0. The molecule has 0 saturated carbocycles. The van der Waals surface area contributed by atoms with Gasteiger partial charge in [0.1, 0.15) is 0 Å². The summed E-state index contributed by atoms with van der Waals surface area (Å²) in [5, 5.41) is 43.1. The standard InChI is InChI=1S/Fe.H4N2.HNO3.2NO3/c;1-2;3*2-1(3)4/h;1-2H2;(H,2,3,4);;/q+2;;;2*-1. The van der Waals surface area contributed by atoms with Crippen molar-refractivity contribution in [2.24, 2.45) is 11.7 Å². The molecule has 0 saturated heterocycles. The van der Waals surface area contributed by atoms with E-state index >= 15 is 0 Å². The van der Waals surface area contributed by atoms with Gasteiger partial charge in [0.05, 0.1) is 10.2 Å². The Kier molecular flexibility index (Phi) is 57.7. The normalized spacial score (nSPS) is 5.20. The van der Waals surface area contributed by atoms with Gasteiger partial charge in [0.25, 0.3) is 5.09 Å². The SMILES string of the molecule is NN.O=[N+]([O-])O.O=[N+]([O-])[O-].O=[N+]([O-])[O-].[Fe+2]. The van der Waals surface area contributed by atoms with Gasteiger partial charge in [-0.1, -0.05) is 0 Å². The first kappa shape index (κ1) is 29.2. The maximum absolute atomic E-state index is 8.36. The van der Waals surface area contributed by atoms with Gasteiger partial charge >= 0.3 is 17.1 Å². The van der Waals surface area contributed by atoms with Crippen molar-refractivity contribution in [3.05, 3.63) is 40.8 Å². The van der Waals surface area contributed by atoms with Gasteiger partial charge in [0.15, 0.2) is 0 Å². The Morgan fingerprint density at radius 2 is 0.800 bits per heavy atom. The molecule has 0 unspecified atom stereocenters. The molecule has 0 spiro atoms. The van der Waals surface area contributed by atoms with E-state index in [4.69, 9.17) is 46.0 Å². The first-order chi connectivity index (χ1) is 6.20. The van der Waals surface area contributed by atoms with Crippen molar-refractivity contribution in [2.45, 2.75) is 0 Å². The number of nitrogens with two attached hydrogens (primary N) is 2. The van der Waals surface area contributed by atoms with E-state index in [-0.39, 0.29) is 17.1 Å². The summed E-state index contributed by atoms with van der Waals surface area (Å²) < 4.78 is 0. The predicted molar refractivity (Wildman–Crippen MR) is 37.9 cm³/mol. The van der Waals surface area contributed by atoms with E-state index in [9.17, 15) is 0 Å². The summed E-state index contributed by atoms with van der Waals surface area (Å²) in [6.07, 6.45) is 0. The van der Waals surface area contributed by atoms with Gasteiger partial charge in [-0.3, -0.25) is 11.7 Å². The molecule has 0 aliphatic carbocycles. The zero-order valence-corrected chi connectivity index (χ0v) is 7.67. The zero-order chi connectivity index (χ0) is 12.7. The second-order valence-electron chi connectivity index (χ2n) is 0.685. The minimum absolute atomic E-state index is 0. The molecule has 15 heavy (non-hydrogen) atoms. The Balaban J connectivity index is -0.0000000298. The van der Waals surface area contributed by atoms with Gasteiger partial charge in [-0.15, -0.1) is 10.1 Å². The summed E-state index contributed by atoms with van der Waals surface area (Å²) >= 11 is 0. The summed E-state index contributed by atoms with van der Waals surface area (Å²) in [7, 11) is 0. The molecule has 15 heteroatoms. The van der Waals surface area contributed by atoms with Gasteiger partial charge < -0.3 is 35.9 Å². The van der Waals surface area contributed by atoms with Crippen LogP contribution in [0.2, 0.25) is 0 Å². The molecule has 0 amide bonds. The van der Waals surface area contributed by atoms with Crippen molar-refractivity contribution >= 4 is 0 Å². The first-order valence-corrected chi connectivity index (χ1v) is 1.99. The Morgan fingerprint density at radius 3 is 0.800 bits per heavy atom. The summed E-state index contributed by atoms with van der Waals surface area (Å²) in [4.78, 5) is 24.9. The van der Waals surface area contributed by atoms with Crippen LogP contribution in [0.3, 0.4) is 0 Å². The van der Waals surface area contributed by atoms with Crippen molar-refractivity contribution < 1.29 is 37.5 Å². The van der Waals surface area contributed by atoms with Crippen molar-refractivity contribution in [2.75, 3.05) is 0 Å². The minimum atomic E-state index is -1.75. The molecule has 14 nitrogen and oxygen atoms in total. The van der Waals surface area contributed by atoms with Crippen LogP contribution in [0.25, 0.3) is 0 Å². The van der Waals surface area contributed by atoms with Gasteiger partial charge in [-0.25, -0.2) is 0 Å². The maximum Gasteiger partial charge on any atom is 2.00 e. The smallest absolute Gasteiger partial charge is 0.356 e. The van der Waals surface area contributed by atoms with E-state index in [0.29, 0.717) is 0 Å². The molecule has 92 valence electrons. The average molecular weight is 275 g/mol. The van der Waals surface area contributed by atoms with Crippen LogP contribution in [0.5, 0.6) is 0 Å². The van der Waals surface area contributed by atoms with E-state index in [1.807, 2.05) is 0 Å². The second kappa shape index (κ2) is 29.6. The van der Waals surface area contributed by atoms with Crippen LogP contribution in [0, 0.1) is 40.8 Å². The number of hydrogen-bond acceptors (Lipinski definition) is 10. The third kappa shape index (κ3) is 316. The molecule has 0 atom stereocenters. The molecule has 0 aromatic heterocycles. The quantitative estimate of drug-likeness (QED) is 0.188. The number of hydrogen-bond donors (Lipinski definition) is 3. The van der Waals surface area contributed by atoms with E-state index in [2.05, 4.69) is 11.7 Å². The van der Waals surface area contributed by atoms with Crippen LogP contribution in [-0.2, 0) is 17.1 Å². The van der Waals surface area contributed by atoms with Crippen molar-refractivity contribution in [1.82, 2.24) is 0 Å². The van der Waals surface area contributed by atoms with E-state index in [1.165, 1.54) is 0 Å². The summed E-state index contributed by atoms with van der Waals surface area (Å²) in [5.74, 6) is 8.00. The molecule has 0 fully saturated rings. The first-order valence-electron chi connectivity index (χ1n) is 1.99. The van der Waals surface area contributed by atoms with Crippen molar-refractivity contribution in [1.29, 1.82) is 0 Å². The van der Waals surface area contributed by atoms with E-state index in [0.717, 1.165) is 0 Å². The Bertz CT molecular complexity index is 116. The molecule has 0 aromatic carbocycles. The molecule has 0 rings (SSSR count). The number of rotatable bonds is 0. The molecule has 5 N–H and O–H groups in total. The fourth-order valence-corrected chi connectivity index (χ4v) is 0. The Hall–Kier alpha value is -1.96. The topological polar surface area (TPSA) is 248 Å². The van der Waals surface area contributed by atoms with Crippen LogP contribution < -0.4 is 11.7 Å². The largest absolute Gasteiger partial charge is 2.00 e. The summed E-state index contributed by atoms with van der Waals surface area (Å²) in [6, 6.07) is 0. The van der Waals surface area contributed by atoms with Crippen LogP contribution in [0.1, 0.15) is 0 Å². The van der Waals surface area contributed by atoms with E-state index < -0.39 is 15.3 Å². The molecule has 0 aliphatic heterocycles. The molecule has 0 aromatic rings. The Morgan fingerprint density at radius 1 is 0.800 bits per heavy atom. The van der Waals surface area contributed by atoms with Crippen molar-refractivity contribution in [3.8, 4) is 0 Å². The van der Waals surface area contributed by atoms with Crippen LogP contribution in [-0.4, -0.2) is 20.5 Å². The van der Waals surface area contributed by atoms with Gasteiger partial charge in [0.2, 0.25) is 0 Å². The monoisotopic (exact) mass is 275 g/mol. The molecular weight excluding hydrogens is 270 g/mol. The molecular formula is H5FeN5O9. The number of hydrazine groups is 1. The predicted octanol–water partition coefficient (Wildman–Crippen LogP) is -2.01. The van der Waals surface area contributed by atoms with Gasteiger partial charge in [-0.05, 0) is 0 Å². The maximum atomic E-state index is 8.36. The van der Waals surface area contributed by atoms with Gasteiger partial charge in [-0.2, -0.15) is 0 Å². The average Bonchev–Trinajstić information content (AvgIpc) is 1.86. The van der Waals surface area contributed by atoms with Gasteiger partial charge in [0, 0.05) is 0 Å². The Labute approximate surface area is 90.8 Å². The molecule has 0 bridgehead atoms. The molecule has 0 heterocycles. The van der Waals surface area contributed by atoms with Crippen LogP contribution in [0.15, 0.2) is 0 Å². The zero-order valence-electron chi connectivity index (χ0n) is 6.56. The minimum Gasteiger partial charge on any atom is -0.356 e. The molecule has 0 radical (unpaired) electrons. The second-order valence-corrected chi connectivity index (χ2v) is 0.685. The summed E-state index contributed by atoms with van der Waals surface area (Å²) in [6.45, 7) is 0.